The van der Waals surface area contributed by atoms with Crippen LogP contribution in [0.3, 0.4) is 0 Å². The normalized spacial score (nSPS) is 11.1. The Morgan fingerprint density at radius 2 is 1.60 bits per heavy atom. The Kier molecular flexibility index (Phi) is 4.91. The molecule has 0 aliphatic heterocycles. The molecule has 0 atom stereocenters. The average molecular weight is 426 g/mol. The summed E-state index contributed by atoms with van der Waals surface area (Å²) in [5, 5.41) is 0.901. The molecule has 30 heavy (non-hydrogen) atoms. The van der Waals surface area contributed by atoms with E-state index in [1.807, 2.05) is 28.8 Å². The van der Waals surface area contributed by atoms with Gasteiger partial charge in [0.15, 0.2) is 11.5 Å². The lowest BCUT2D eigenvalue weighted by Gasteiger charge is -2.14. The van der Waals surface area contributed by atoms with E-state index < -0.39 is 5.69 Å². The minimum atomic E-state index is -0.400. The van der Waals surface area contributed by atoms with Crippen LogP contribution in [0, 0.1) is 0 Å². The molecule has 0 amide bonds. The van der Waals surface area contributed by atoms with Crippen molar-refractivity contribution in [3.63, 3.8) is 0 Å². The quantitative estimate of drug-likeness (QED) is 0.503. The molecule has 0 aliphatic rings. The molecule has 0 radical (unpaired) electrons. The van der Waals surface area contributed by atoms with Gasteiger partial charge in [-0.2, -0.15) is 0 Å². The molecule has 2 aromatic heterocycles. The third-order valence-electron chi connectivity index (χ3n) is 5.21. The average Bonchev–Trinajstić information content (AvgIpc) is 3.16. The Balaban J connectivity index is 2.18. The van der Waals surface area contributed by atoms with Crippen LogP contribution >= 0.6 is 11.6 Å². The Labute approximate surface area is 177 Å². The van der Waals surface area contributed by atoms with Gasteiger partial charge in [0.05, 0.1) is 30.8 Å². The summed E-state index contributed by atoms with van der Waals surface area (Å²) in [5.41, 5.74) is 1.73. The maximum Gasteiger partial charge on any atom is 0.330 e. The summed E-state index contributed by atoms with van der Waals surface area (Å²) in [4.78, 5) is 25.6. The molecule has 0 unspecified atom stereocenters. The van der Waals surface area contributed by atoms with E-state index in [0.717, 1.165) is 10.3 Å². The summed E-state index contributed by atoms with van der Waals surface area (Å²) in [6.45, 7) is 0. The fourth-order valence-corrected chi connectivity index (χ4v) is 3.86. The monoisotopic (exact) mass is 425 g/mol. The molecule has 0 aliphatic carbocycles. The zero-order chi connectivity index (χ0) is 21.6. The highest BCUT2D eigenvalue weighted by Gasteiger charge is 2.22. The van der Waals surface area contributed by atoms with Crippen molar-refractivity contribution in [2.24, 2.45) is 14.1 Å². The molecule has 4 rings (SSSR count). The molecular formula is C22H20ClN3O4. The number of rotatable bonds is 4. The Hall–Kier alpha value is -3.45. The van der Waals surface area contributed by atoms with Gasteiger partial charge in [-0.1, -0.05) is 29.8 Å². The van der Waals surface area contributed by atoms with Gasteiger partial charge in [-0.05, 0) is 18.2 Å². The minimum Gasteiger partial charge on any atom is -0.493 e. The van der Waals surface area contributed by atoms with Gasteiger partial charge in [-0.3, -0.25) is 13.9 Å². The second-order valence-electron chi connectivity index (χ2n) is 6.83. The van der Waals surface area contributed by atoms with Crippen LogP contribution in [-0.2, 0) is 14.1 Å². The van der Waals surface area contributed by atoms with Crippen molar-refractivity contribution in [3.8, 4) is 28.4 Å². The third kappa shape index (κ3) is 2.90. The smallest absolute Gasteiger partial charge is 0.330 e. The molecule has 154 valence electrons. The van der Waals surface area contributed by atoms with Gasteiger partial charge in [0.2, 0.25) is 0 Å². The molecule has 0 saturated heterocycles. The Morgan fingerprint density at radius 1 is 0.900 bits per heavy atom. The molecule has 8 heteroatoms. The zero-order valence-electron chi connectivity index (χ0n) is 17.0. The molecule has 0 spiro atoms. The first kappa shape index (κ1) is 19.8. The molecule has 2 heterocycles. The first-order chi connectivity index (χ1) is 14.4. The number of halogens is 1. The predicted octanol–water partition coefficient (Wildman–Crippen LogP) is 3.37. The molecule has 2 aromatic carbocycles. The largest absolute Gasteiger partial charge is 0.493 e. The molecule has 0 fully saturated rings. The van der Waals surface area contributed by atoms with E-state index in [2.05, 4.69) is 0 Å². The van der Waals surface area contributed by atoms with Gasteiger partial charge >= 0.3 is 5.69 Å². The number of hydrogen-bond acceptors (Lipinski definition) is 4. The number of benzene rings is 2. The van der Waals surface area contributed by atoms with Crippen molar-refractivity contribution in [1.29, 1.82) is 0 Å². The SMILES string of the molecule is COc1ccc(-n2cc3c(c2-c2ccccc2Cl)c(=O)n(C)c(=O)n3C)cc1OC. The standard InChI is InChI=1S/C22H20ClN3O4/c1-24-16-12-26(13-9-10-17(29-3)18(11-13)30-4)20(14-7-5-6-8-15(14)23)19(16)21(27)25(2)22(24)28/h5-12H,1-4H3. The Bertz CT molecular complexity index is 1400. The summed E-state index contributed by atoms with van der Waals surface area (Å²) < 4.78 is 15.2. The molecule has 0 N–H and O–H groups in total. The number of aryl methyl sites for hydroxylation is 1. The molecular weight excluding hydrogens is 406 g/mol. The van der Waals surface area contributed by atoms with E-state index in [4.69, 9.17) is 21.1 Å². The predicted molar refractivity (Wildman–Crippen MR) is 117 cm³/mol. The fourth-order valence-electron chi connectivity index (χ4n) is 3.64. The van der Waals surface area contributed by atoms with Crippen molar-refractivity contribution in [3.05, 3.63) is 74.5 Å². The number of ether oxygens (including phenoxy) is 2. The van der Waals surface area contributed by atoms with E-state index in [1.54, 1.807) is 45.7 Å². The van der Waals surface area contributed by atoms with Crippen molar-refractivity contribution in [2.45, 2.75) is 0 Å². The van der Waals surface area contributed by atoms with E-state index in [0.29, 0.717) is 38.7 Å². The highest BCUT2D eigenvalue weighted by Crippen LogP contribution is 2.37. The number of methoxy groups -OCH3 is 2. The molecule has 0 bridgehead atoms. The van der Waals surface area contributed by atoms with E-state index in [9.17, 15) is 9.59 Å². The molecule has 7 nitrogen and oxygen atoms in total. The number of fused-ring (bicyclic) bond motifs is 1. The summed E-state index contributed by atoms with van der Waals surface area (Å²) in [5.74, 6) is 1.13. The maximum atomic E-state index is 13.1. The van der Waals surface area contributed by atoms with E-state index >= 15 is 0 Å². The topological polar surface area (TPSA) is 67.4 Å². The van der Waals surface area contributed by atoms with Crippen molar-refractivity contribution >= 4 is 22.5 Å². The first-order valence-electron chi connectivity index (χ1n) is 9.17. The lowest BCUT2D eigenvalue weighted by atomic mass is 10.1. The van der Waals surface area contributed by atoms with Gasteiger partial charge in [0.25, 0.3) is 5.56 Å². The third-order valence-corrected chi connectivity index (χ3v) is 5.54. The van der Waals surface area contributed by atoms with Crippen LogP contribution in [0.2, 0.25) is 5.02 Å². The number of nitrogens with zero attached hydrogens (tertiary/aromatic N) is 3. The van der Waals surface area contributed by atoms with Crippen LogP contribution in [0.15, 0.2) is 58.3 Å². The maximum absolute atomic E-state index is 13.1. The van der Waals surface area contributed by atoms with E-state index in [-0.39, 0.29) is 5.56 Å². The van der Waals surface area contributed by atoms with E-state index in [1.165, 1.54) is 11.6 Å². The van der Waals surface area contributed by atoms with Gasteiger partial charge in [0, 0.05) is 42.6 Å². The summed E-state index contributed by atoms with van der Waals surface area (Å²) in [6, 6.07) is 12.7. The van der Waals surface area contributed by atoms with Crippen LogP contribution in [0.25, 0.3) is 27.8 Å². The minimum absolute atomic E-state index is 0.387. The summed E-state index contributed by atoms with van der Waals surface area (Å²) >= 11 is 6.51. The molecule has 0 saturated carbocycles. The summed E-state index contributed by atoms with van der Waals surface area (Å²) in [6.07, 6.45) is 1.76. The van der Waals surface area contributed by atoms with Crippen molar-refractivity contribution < 1.29 is 9.47 Å². The summed E-state index contributed by atoms with van der Waals surface area (Å²) in [7, 11) is 6.23. The molecule has 4 aromatic rings. The van der Waals surface area contributed by atoms with Crippen molar-refractivity contribution in [2.75, 3.05) is 14.2 Å². The van der Waals surface area contributed by atoms with Crippen LogP contribution < -0.4 is 20.7 Å². The fraction of sp³-hybridized carbons (Fsp3) is 0.182. The van der Waals surface area contributed by atoms with Gasteiger partial charge in [-0.25, -0.2) is 4.79 Å². The lowest BCUT2D eigenvalue weighted by Crippen LogP contribution is -2.36. The first-order valence-corrected chi connectivity index (χ1v) is 9.55. The number of hydrogen-bond donors (Lipinski definition) is 0. The second-order valence-corrected chi connectivity index (χ2v) is 7.24. The van der Waals surface area contributed by atoms with Crippen LogP contribution in [-0.4, -0.2) is 27.9 Å². The van der Waals surface area contributed by atoms with Gasteiger partial charge < -0.3 is 14.0 Å². The van der Waals surface area contributed by atoms with Crippen molar-refractivity contribution in [1.82, 2.24) is 13.7 Å². The number of aromatic nitrogens is 3. The second kappa shape index (κ2) is 7.42. The highest BCUT2D eigenvalue weighted by atomic mass is 35.5. The van der Waals surface area contributed by atoms with Gasteiger partial charge in [0.1, 0.15) is 0 Å². The zero-order valence-corrected chi connectivity index (χ0v) is 17.7. The van der Waals surface area contributed by atoms with Crippen LogP contribution in [0.4, 0.5) is 0 Å². The Morgan fingerprint density at radius 3 is 2.27 bits per heavy atom. The van der Waals surface area contributed by atoms with Gasteiger partial charge in [-0.15, -0.1) is 0 Å². The highest BCUT2D eigenvalue weighted by molar-refractivity contribution is 6.33. The van der Waals surface area contributed by atoms with Crippen LogP contribution in [0.1, 0.15) is 0 Å². The lowest BCUT2D eigenvalue weighted by molar-refractivity contribution is 0.355. The van der Waals surface area contributed by atoms with Crippen LogP contribution in [0.5, 0.6) is 11.5 Å².